The maximum absolute atomic E-state index is 13.0. The van der Waals surface area contributed by atoms with Crippen molar-refractivity contribution in [2.75, 3.05) is 33.5 Å². The van der Waals surface area contributed by atoms with Crippen molar-refractivity contribution in [1.29, 1.82) is 0 Å². The molecule has 0 saturated carbocycles. The number of nitrogens with one attached hydrogen (secondary N) is 1. The van der Waals surface area contributed by atoms with Gasteiger partial charge in [0.15, 0.2) is 0 Å². The zero-order valence-corrected chi connectivity index (χ0v) is 13.7. The van der Waals surface area contributed by atoms with Crippen LogP contribution in [0.3, 0.4) is 0 Å². The van der Waals surface area contributed by atoms with Gasteiger partial charge in [0.05, 0.1) is 18.6 Å². The van der Waals surface area contributed by atoms with Crippen LogP contribution in [0.15, 0.2) is 24.3 Å². The number of rotatable bonds is 5. The van der Waals surface area contributed by atoms with E-state index in [4.69, 9.17) is 14.2 Å². The summed E-state index contributed by atoms with van der Waals surface area (Å²) in [6.07, 6.45) is 3.68. The first kappa shape index (κ1) is 16.3. The van der Waals surface area contributed by atoms with Crippen LogP contribution in [0.25, 0.3) is 0 Å². The fourth-order valence-electron chi connectivity index (χ4n) is 3.46. The summed E-state index contributed by atoms with van der Waals surface area (Å²) < 4.78 is 16.3. The predicted octanol–water partition coefficient (Wildman–Crippen LogP) is 2.04. The van der Waals surface area contributed by atoms with Gasteiger partial charge in [0.25, 0.3) is 0 Å². The number of carbonyl (C=O) groups excluding carboxylic acids is 1. The van der Waals surface area contributed by atoms with Crippen LogP contribution in [0.5, 0.6) is 5.75 Å². The molecule has 2 fully saturated rings. The second kappa shape index (κ2) is 7.32. The Balaban J connectivity index is 1.75. The molecule has 2 aliphatic rings. The minimum Gasteiger partial charge on any atom is -0.497 e. The molecule has 1 atom stereocenters. The Hall–Kier alpha value is -1.59. The minimum atomic E-state index is -0.511. The summed E-state index contributed by atoms with van der Waals surface area (Å²) in [4.78, 5) is 13.0. The first-order valence-electron chi connectivity index (χ1n) is 8.37. The first-order chi connectivity index (χ1) is 11.2. The Morgan fingerprint density at radius 1 is 1.26 bits per heavy atom. The Morgan fingerprint density at radius 3 is 2.61 bits per heavy atom. The van der Waals surface area contributed by atoms with Crippen molar-refractivity contribution in [2.24, 2.45) is 0 Å². The molecule has 1 N–H and O–H groups in total. The van der Waals surface area contributed by atoms with Crippen LogP contribution in [0.4, 0.5) is 0 Å². The molecule has 0 unspecified atom stereocenters. The molecule has 23 heavy (non-hydrogen) atoms. The van der Waals surface area contributed by atoms with Crippen LogP contribution in [0, 0.1) is 0 Å². The lowest BCUT2D eigenvalue weighted by atomic mass is 9.73. The first-order valence-corrected chi connectivity index (χ1v) is 8.37. The highest BCUT2D eigenvalue weighted by Crippen LogP contribution is 2.36. The minimum absolute atomic E-state index is 0.0847. The molecule has 1 aromatic carbocycles. The summed E-state index contributed by atoms with van der Waals surface area (Å²) in [6, 6.07) is 7.82. The van der Waals surface area contributed by atoms with Gasteiger partial charge in [-0.2, -0.15) is 0 Å². The van der Waals surface area contributed by atoms with Gasteiger partial charge in [0.2, 0.25) is 5.91 Å². The van der Waals surface area contributed by atoms with Crippen molar-refractivity contribution in [3.8, 4) is 5.75 Å². The van der Waals surface area contributed by atoms with E-state index >= 15 is 0 Å². The van der Waals surface area contributed by atoms with Crippen LogP contribution in [-0.4, -0.2) is 45.5 Å². The van der Waals surface area contributed by atoms with E-state index < -0.39 is 5.41 Å². The normalized spacial score (nSPS) is 23.4. The highest BCUT2D eigenvalue weighted by Gasteiger charge is 2.41. The molecule has 0 aliphatic carbocycles. The predicted molar refractivity (Wildman–Crippen MR) is 86.7 cm³/mol. The third kappa shape index (κ3) is 3.51. The summed E-state index contributed by atoms with van der Waals surface area (Å²) in [5, 5.41) is 3.11. The average molecular weight is 319 g/mol. The van der Waals surface area contributed by atoms with E-state index in [1.807, 2.05) is 24.3 Å². The number of amides is 1. The molecule has 126 valence electrons. The van der Waals surface area contributed by atoms with Gasteiger partial charge in [0, 0.05) is 26.4 Å². The van der Waals surface area contributed by atoms with Gasteiger partial charge >= 0.3 is 0 Å². The summed E-state index contributed by atoms with van der Waals surface area (Å²) in [6.45, 7) is 2.62. The van der Waals surface area contributed by atoms with Crippen LogP contribution < -0.4 is 10.1 Å². The zero-order chi connectivity index (χ0) is 16.1. The van der Waals surface area contributed by atoms with Crippen molar-refractivity contribution < 1.29 is 19.0 Å². The van der Waals surface area contributed by atoms with Gasteiger partial charge in [-0.25, -0.2) is 0 Å². The Kier molecular flexibility index (Phi) is 5.18. The average Bonchev–Trinajstić information content (AvgIpc) is 3.14. The molecule has 2 heterocycles. The Morgan fingerprint density at radius 2 is 2.00 bits per heavy atom. The largest absolute Gasteiger partial charge is 0.497 e. The van der Waals surface area contributed by atoms with Crippen molar-refractivity contribution in [3.63, 3.8) is 0 Å². The second-order valence-corrected chi connectivity index (χ2v) is 6.27. The van der Waals surface area contributed by atoms with E-state index in [0.717, 1.165) is 30.8 Å². The SMILES string of the molecule is COc1ccc(C2(C(=O)NC[C@H]3CCCO3)CCOCC2)cc1. The fraction of sp³-hybridized carbons (Fsp3) is 0.611. The van der Waals surface area contributed by atoms with E-state index in [1.165, 1.54) is 0 Å². The molecule has 2 aliphatic heterocycles. The molecule has 1 amide bonds. The molecule has 1 aromatic rings. The summed E-state index contributed by atoms with van der Waals surface area (Å²) in [5.74, 6) is 0.886. The molecule has 5 nitrogen and oxygen atoms in total. The van der Waals surface area contributed by atoms with Crippen molar-refractivity contribution in [2.45, 2.75) is 37.2 Å². The highest BCUT2D eigenvalue weighted by atomic mass is 16.5. The molecule has 5 heteroatoms. The van der Waals surface area contributed by atoms with E-state index in [9.17, 15) is 4.79 Å². The lowest BCUT2D eigenvalue weighted by molar-refractivity contribution is -0.131. The molecular formula is C18H25NO4. The monoisotopic (exact) mass is 319 g/mol. The zero-order valence-electron chi connectivity index (χ0n) is 13.7. The third-order valence-corrected chi connectivity index (χ3v) is 4.94. The number of ether oxygens (including phenoxy) is 3. The number of carbonyl (C=O) groups is 1. The third-order valence-electron chi connectivity index (χ3n) is 4.94. The number of hydrogen-bond donors (Lipinski definition) is 1. The molecule has 0 radical (unpaired) electrons. The Bertz CT molecular complexity index is 516. The lowest BCUT2D eigenvalue weighted by Gasteiger charge is -2.36. The number of methoxy groups -OCH3 is 1. The van der Waals surface area contributed by atoms with E-state index in [-0.39, 0.29) is 12.0 Å². The van der Waals surface area contributed by atoms with Crippen LogP contribution >= 0.6 is 0 Å². The number of hydrogen-bond acceptors (Lipinski definition) is 4. The van der Waals surface area contributed by atoms with Gasteiger partial charge in [-0.1, -0.05) is 12.1 Å². The number of benzene rings is 1. The molecule has 2 saturated heterocycles. The van der Waals surface area contributed by atoms with Crippen molar-refractivity contribution in [3.05, 3.63) is 29.8 Å². The fourth-order valence-corrected chi connectivity index (χ4v) is 3.46. The molecule has 3 rings (SSSR count). The summed E-state index contributed by atoms with van der Waals surface area (Å²) in [7, 11) is 1.65. The van der Waals surface area contributed by atoms with E-state index in [0.29, 0.717) is 32.6 Å². The summed E-state index contributed by atoms with van der Waals surface area (Å²) >= 11 is 0. The standard InChI is InChI=1S/C18H25NO4/c1-21-15-6-4-14(5-7-15)18(8-11-22-12-9-18)17(20)19-13-16-3-2-10-23-16/h4-7,16H,2-3,8-13H2,1H3,(H,19,20)/t16-/m1/s1. The van der Waals surface area contributed by atoms with Crippen LogP contribution in [0.1, 0.15) is 31.2 Å². The lowest BCUT2D eigenvalue weighted by Crippen LogP contribution is -2.49. The second-order valence-electron chi connectivity index (χ2n) is 6.27. The molecule has 0 aromatic heterocycles. The van der Waals surface area contributed by atoms with Gasteiger partial charge in [-0.3, -0.25) is 4.79 Å². The van der Waals surface area contributed by atoms with Gasteiger partial charge in [0.1, 0.15) is 5.75 Å². The van der Waals surface area contributed by atoms with Gasteiger partial charge in [-0.15, -0.1) is 0 Å². The maximum atomic E-state index is 13.0. The molecule has 0 spiro atoms. The van der Waals surface area contributed by atoms with Gasteiger partial charge in [-0.05, 0) is 43.4 Å². The molecular weight excluding hydrogens is 294 g/mol. The smallest absolute Gasteiger partial charge is 0.230 e. The Labute approximate surface area is 137 Å². The van der Waals surface area contributed by atoms with Crippen LogP contribution in [-0.2, 0) is 19.7 Å². The van der Waals surface area contributed by atoms with Crippen molar-refractivity contribution in [1.82, 2.24) is 5.32 Å². The van der Waals surface area contributed by atoms with Gasteiger partial charge < -0.3 is 19.5 Å². The van der Waals surface area contributed by atoms with E-state index in [1.54, 1.807) is 7.11 Å². The quantitative estimate of drug-likeness (QED) is 0.902. The summed E-state index contributed by atoms with van der Waals surface area (Å²) in [5.41, 5.74) is 0.523. The topological polar surface area (TPSA) is 56.8 Å². The highest BCUT2D eigenvalue weighted by molar-refractivity contribution is 5.88. The molecule has 0 bridgehead atoms. The maximum Gasteiger partial charge on any atom is 0.230 e. The van der Waals surface area contributed by atoms with E-state index in [2.05, 4.69) is 5.32 Å². The van der Waals surface area contributed by atoms with Crippen molar-refractivity contribution >= 4 is 5.91 Å². The van der Waals surface area contributed by atoms with Crippen LogP contribution in [0.2, 0.25) is 0 Å².